The van der Waals surface area contributed by atoms with E-state index in [4.69, 9.17) is 5.73 Å². The molecular formula is C10H26N4. The average Bonchev–Trinajstić information content (AvgIpc) is 2.13. The lowest BCUT2D eigenvalue weighted by atomic mass is 10.4. The summed E-state index contributed by atoms with van der Waals surface area (Å²) in [5.41, 5.74) is 5.45. The zero-order valence-corrected chi connectivity index (χ0v) is 10.1. The van der Waals surface area contributed by atoms with E-state index in [1.165, 1.54) is 6.42 Å². The van der Waals surface area contributed by atoms with Crippen molar-refractivity contribution >= 4 is 0 Å². The molecule has 0 aliphatic rings. The van der Waals surface area contributed by atoms with Crippen LogP contribution >= 0.6 is 0 Å². The molecule has 14 heavy (non-hydrogen) atoms. The van der Waals surface area contributed by atoms with Crippen LogP contribution in [0.3, 0.4) is 0 Å². The van der Waals surface area contributed by atoms with Crippen molar-refractivity contribution in [2.24, 2.45) is 5.73 Å². The van der Waals surface area contributed by atoms with E-state index in [-0.39, 0.29) is 0 Å². The standard InChI is InChI=1S/C10H26N4/c1-5-9-14(13(3)4)10(2)12-8-6-7-11/h10,12H,5-9,11H2,1-4H3. The largest absolute Gasteiger partial charge is 0.330 e. The second-order valence-corrected chi connectivity index (χ2v) is 3.78. The Bertz CT molecular complexity index is 127. The van der Waals surface area contributed by atoms with Crippen molar-refractivity contribution in [1.82, 2.24) is 15.3 Å². The second-order valence-electron chi connectivity index (χ2n) is 3.78. The lowest BCUT2D eigenvalue weighted by Crippen LogP contribution is -2.50. The van der Waals surface area contributed by atoms with Crippen LogP contribution in [0.4, 0.5) is 0 Å². The maximum absolute atomic E-state index is 5.45. The summed E-state index contributed by atoms with van der Waals surface area (Å²) in [7, 11) is 4.16. The Balaban J connectivity index is 3.82. The van der Waals surface area contributed by atoms with Gasteiger partial charge in [0.05, 0.1) is 6.17 Å². The van der Waals surface area contributed by atoms with Gasteiger partial charge in [0.2, 0.25) is 0 Å². The van der Waals surface area contributed by atoms with Gasteiger partial charge in [-0.1, -0.05) is 6.92 Å². The van der Waals surface area contributed by atoms with Gasteiger partial charge in [-0.2, -0.15) is 0 Å². The highest BCUT2D eigenvalue weighted by Crippen LogP contribution is 1.99. The molecule has 4 heteroatoms. The fourth-order valence-corrected chi connectivity index (χ4v) is 1.49. The highest BCUT2D eigenvalue weighted by Gasteiger charge is 2.13. The SMILES string of the molecule is CCCN(C(C)NCCCN)N(C)C. The number of hydrazine groups is 1. The molecule has 86 valence electrons. The van der Waals surface area contributed by atoms with E-state index in [0.29, 0.717) is 6.17 Å². The fourth-order valence-electron chi connectivity index (χ4n) is 1.49. The summed E-state index contributed by atoms with van der Waals surface area (Å²) >= 11 is 0. The molecule has 0 amide bonds. The van der Waals surface area contributed by atoms with Gasteiger partial charge in [-0.15, -0.1) is 0 Å². The number of nitrogens with zero attached hydrogens (tertiary/aromatic N) is 2. The molecule has 0 spiro atoms. The van der Waals surface area contributed by atoms with Crippen LogP contribution in [-0.4, -0.2) is 49.9 Å². The lowest BCUT2D eigenvalue weighted by Gasteiger charge is -2.34. The van der Waals surface area contributed by atoms with E-state index in [2.05, 4.69) is 43.3 Å². The van der Waals surface area contributed by atoms with Gasteiger partial charge in [0.15, 0.2) is 0 Å². The zero-order chi connectivity index (χ0) is 11.0. The third kappa shape index (κ3) is 5.54. The van der Waals surface area contributed by atoms with E-state index in [0.717, 1.165) is 26.1 Å². The molecule has 0 saturated heterocycles. The number of hydrogen-bond acceptors (Lipinski definition) is 4. The molecule has 0 fully saturated rings. The summed E-state index contributed by atoms with van der Waals surface area (Å²) in [6.45, 7) is 7.22. The number of rotatable bonds is 8. The minimum absolute atomic E-state index is 0.386. The summed E-state index contributed by atoms with van der Waals surface area (Å²) in [5, 5.41) is 7.91. The van der Waals surface area contributed by atoms with Crippen LogP contribution in [0.1, 0.15) is 26.7 Å². The molecule has 0 aromatic heterocycles. The minimum Gasteiger partial charge on any atom is -0.330 e. The van der Waals surface area contributed by atoms with E-state index < -0.39 is 0 Å². The third-order valence-electron chi connectivity index (χ3n) is 2.23. The first-order valence-electron chi connectivity index (χ1n) is 5.50. The summed E-state index contributed by atoms with van der Waals surface area (Å²) in [6, 6.07) is 0. The maximum atomic E-state index is 5.45. The van der Waals surface area contributed by atoms with Gasteiger partial charge < -0.3 is 11.1 Å². The highest BCUT2D eigenvalue weighted by atomic mass is 15.6. The molecule has 0 aromatic carbocycles. The van der Waals surface area contributed by atoms with Gasteiger partial charge in [-0.3, -0.25) is 0 Å². The first kappa shape index (κ1) is 13.8. The Labute approximate surface area is 88.4 Å². The Morgan fingerprint density at radius 2 is 2.00 bits per heavy atom. The van der Waals surface area contributed by atoms with Crippen LogP contribution < -0.4 is 11.1 Å². The van der Waals surface area contributed by atoms with Gasteiger partial charge in [0.25, 0.3) is 0 Å². The van der Waals surface area contributed by atoms with Crippen LogP contribution in [-0.2, 0) is 0 Å². The Morgan fingerprint density at radius 3 is 2.43 bits per heavy atom. The fraction of sp³-hybridized carbons (Fsp3) is 1.00. The maximum Gasteiger partial charge on any atom is 0.0706 e. The summed E-state index contributed by atoms with van der Waals surface area (Å²) < 4.78 is 0. The van der Waals surface area contributed by atoms with Crippen molar-refractivity contribution in [2.75, 3.05) is 33.7 Å². The van der Waals surface area contributed by atoms with E-state index >= 15 is 0 Å². The molecule has 1 atom stereocenters. The van der Waals surface area contributed by atoms with E-state index in [1.54, 1.807) is 0 Å². The van der Waals surface area contributed by atoms with Crippen LogP contribution in [0, 0.1) is 0 Å². The van der Waals surface area contributed by atoms with Crippen LogP contribution in [0.2, 0.25) is 0 Å². The monoisotopic (exact) mass is 202 g/mol. The van der Waals surface area contributed by atoms with Crippen molar-refractivity contribution in [2.45, 2.75) is 32.9 Å². The van der Waals surface area contributed by atoms with E-state index in [9.17, 15) is 0 Å². The van der Waals surface area contributed by atoms with Gasteiger partial charge in [-0.25, -0.2) is 10.0 Å². The summed E-state index contributed by atoms with van der Waals surface area (Å²) in [5.74, 6) is 0. The molecule has 0 radical (unpaired) electrons. The van der Waals surface area contributed by atoms with Crippen molar-refractivity contribution in [3.63, 3.8) is 0 Å². The van der Waals surface area contributed by atoms with Crippen LogP contribution in [0.25, 0.3) is 0 Å². The molecule has 0 aromatic rings. The van der Waals surface area contributed by atoms with Crippen molar-refractivity contribution < 1.29 is 0 Å². The normalized spacial score (nSPS) is 13.9. The van der Waals surface area contributed by atoms with Crippen LogP contribution in [0.15, 0.2) is 0 Å². The Kier molecular flexibility index (Phi) is 8.08. The second kappa shape index (κ2) is 8.17. The van der Waals surface area contributed by atoms with Crippen LogP contribution in [0.5, 0.6) is 0 Å². The Hall–Kier alpha value is -0.160. The molecular weight excluding hydrogens is 176 g/mol. The quantitative estimate of drug-likeness (QED) is 0.341. The minimum atomic E-state index is 0.386. The molecule has 0 bridgehead atoms. The molecule has 3 N–H and O–H groups in total. The average molecular weight is 202 g/mol. The predicted octanol–water partition coefficient (Wildman–Crippen LogP) is 0.459. The van der Waals surface area contributed by atoms with Gasteiger partial charge >= 0.3 is 0 Å². The Morgan fingerprint density at radius 1 is 1.36 bits per heavy atom. The summed E-state index contributed by atoms with van der Waals surface area (Å²) in [6.07, 6.45) is 2.59. The topological polar surface area (TPSA) is 44.5 Å². The summed E-state index contributed by atoms with van der Waals surface area (Å²) in [4.78, 5) is 0. The zero-order valence-electron chi connectivity index (χ0n) is 10.1. The molecule has 0 heterocycles. The first-order chi connectivity index (χ1) is 6.63. The van der Waals surface area contributed by atoms with Crippen molar-refractivity contribution in [1.29, 1.82) is 0 Å². The molecule has 4 nitrogen and oxygen atoms in total. The highest BCUT2D eigenvalue weighted by molar-refractivity contribution is 4.61. The predicted molar refractivity (Wildman–Crippen MR) is 61.8 cm³/mol. The van der Waals surface area contributed by atoms with Crippen molar-refractivity contribution in [3.8, 4) is 0 Å². The molecule has 0 saturated carbocycles. The first-order valence-corrected chi connectivity index (χ1v) is 5.50. The third-order valence-corrected chi connectivity index (χ3v) is 2.23. The lowest BCUT2D eigenvalue weighted by molar-refractivity contribution is -0.0241. The number of nitrogens with two attached hydrogens (primary N) is 1. The van der Waals surface area contributed by atoms with E-state index in [1.807, 2.05) is 0 Å². The molecule has 0 aliphatic heterocycles. The van der Waals surface area contributed by atoms with Gasteiger partial charge in [0.1, 0.15) is 0 Å². The van der Waals surface area contributed by atoms with Gasteiger partial charge in [-0.05, 0) is 32.9 Å². The number of nitrogens with one attached hydrogen (secondary N) is 1. The molecule has 0 rings (SSSR count). The molecule has 1 unspecified atom stereocenters. The number of hydrogen-bond donors (Lipinski definition) is 2. The smallest absolute Gasteiger partial charge is 0.0706 e. The molecule has 0 aliphatic carbocycles. The van der Waals surface area contributed by atoms with Crippen molar-refractivity contribution in [3.05, 3.63) is 0 Å². The van der Waals surface area contributed by atoms with Gasteiger partial charge in [0, 0.05) is 20.6 Å².